The van der Waals surface area contributed by atoms with Gasteiger partial charge in [-0.25, -0.2) is 0 Å². The Balaban J connectivity index is 1.22. The van der Waals surface area contributed by atoms with Crippen LogP contribution in [0.4, 0.5) is 5.69 Å². The van der Waals surface area contributed by atoms with E-state index in [1.165, 1.54) is 17.0 Å². The van der Waals surface area contributed by atoms with Crippen molar-refractivity contribution in [2.24, 2.45) is 5.92 Å². The highest BCUT2D eigenvalue weighted by molar-refractivity contribution is 6.10. The van der Waals surface area contributed by atoms with Gasteiger partial charge >= 0.3 is 0 Å². The van der Waals surface area contributed by atoms with E-state index in [-0.39, 0.29) is 6.04 Å². The summed E-state index contributed by atoms with van der Waals surface area (Å²) in [5, 5.41) is 22.9. The maximum atomic E-state index is 10.6. The normalized spacial score (nSPS) is 17.8. The van der Waals surface area contributed by atoms with Gasteiger partial charge in [0.1, 0.15) is 12.1 Å². The molecule has 2 heterocycles. The van der Waals surface area contributed by atoms with E-state index in [0.29, 0.717) is 17.0 Å². The second-order valence-corrected chi connectivity index (χ2v) is 12.6. The molecule has 226 valence electrons. The molecule has 0 amide bonds. The predicted octanol–water partition coefficient (Wildman–Crippen LogP) is 10.4. The third kappa shape index (κ3) is 4.13. The number of hydrogen-bond donors (Lipinski definition) is 0. The summed E-state index contributed by atoms with van der Waals surface area (Å²) in [5.41, 5.74) is 11.6. The van der Waals surface area contributed by atoms with Crippen LogP contribution in [0.1, 0.15) is 24.0 Å². The largest absolute Gasteiger partial charge is 0.337 e. The van der Waals surface area contributed by atoms with Crippen LogP contribution in [0.2, 0.25) is 0 Å². The lowest BCUT2D eigenvalue weighted by atomic mass is 9.88. The molecule has 4 nitrogen and oxygen atoms in total. The Morgan fingerprint density at radius 1 is 0.646 bits per heavy atom. The van der Waals surface area contributed by atoms with Gasteiger partial charge < -0.3 is 9.47 Å². The molecule has 0 spiro atoms. The topological polar surface area (TPSA) is 55.8 Å². The number of para-hydroxylation sites is 2. The molecule has 5 aromatic carbocycles. The maximum Gasteiger partial charge on any atom is 0.103 e. The monoisotopic (exact) mass is 614 g/mol. The Kier molecular flexibility index (Phi) is 6.49. The molecular formula is C44H30N4. The van der Waals surface area contributed by atoms with Crippen molar-refractivity contribution in [3.8, 4) is 40.1 Å². The highest BCUT2D eigenvalue weighted by Gasteiger charge is 2.38. The van der Waals surface area contributed by atoms with Crippen molar-refractivity contribution in [1.29, 1.82) is 10.5 Å². The van der Waals surface area contributed by atoms with Crippen molar-refractivity contribution in [2.75, 3.05) is 4.90 Å². The molecule has 0 saturated carbocycles. The van der Waals surface area contributed by atoms with Gasteiger partial charge in [-0.1, -0.05) is 115 Å². The first-order valence-corrected chi connectivity index (χ1v) is 16.5. The number of nitrogens with zero attached hydrogens (tertiary/aromatic N) is 4. The second kappa shape index (κ2) is 11.2. The van der Waals surface area contributed by atoms with Gasteiger partial charge in [-0.2, -0.15) is 10.5 Å². The first-order valence-electron chi connectivity index (χ1n) is 16.5. The molecule has 1 aromatic heterocycles. The van der Waals surface area contributed by atoms with Crippen LogP contribution >= 0.6 is 0 Å². The molecule has 2 atom stereocenters. The van der Waals surface area contributed by atoms with Crippen LogP contribution in [0, 0.1) is 28.6 Å². The Bertz CT molecular complexity index is 2440. The van der Waals surface area contributed by atoms with Crippen molar-refractivity contribution < 1.29 is 0 Å². The Morgan fingerprint density at radius 2 is 1.33 bits per heavy atom. The lowest BCUT2D eigenvalue weighted by Crippen LogP contribution is -2.32. The minimum absolute atomic E-state index is 0.290. The molecule has 2 aliphatic carbocycles. The van der Waals surface area contributed by atoms with Crippen molar-refractivity contribution >= 4 is 27.5 Å². The van der Waals surface area contributed by atoms with E-state index in [1.807, 2.05) is 36.4 Å². The number of nitriles is 2. The van der Waals surface area contributed by atoms with Gasteiger partial charge in [0.2, 0.25) is 0 Å². The van der Waals surface area contributed by atoms with Crippen LogP contribution in [0.15, 0.2) is 157 Å². The molecule has 0 saturated heterocycles. The van der Waals surface area contributed by atoms with Crippen molar-refractivity contribution in [3.63, 3.8) is 0 Å². The molecule has 0 N–H and O–H groups in total. The van der Waals surface area contributed by atoms with E-state index in [0.717, 1.165) is 62.6 Å². The number of anilines is 1. The van der Waals surface area contributed by atoms with E-state index >= 15 is 0 Å². The number of fused-ring (bicyclic) bond motifs is 5. The highest BCUT2D eigenvalue weighted by Crippen LogP contribution is 2.46. The standard InChI is InChI=1S/C44H30N4/c45-27-30-23-26-38(44(39(30)28-46)48-42-19-9-5-15-36(42)37-16-6-10-20-43(37)48)33-12-2-1-11-32(33)29-21-24-31(25-22-29)47-40-17-7-3-13-34(40)35-14-4-8-18-41(35)47/h1-7,9-17,19-26,34,40H,8,18H2. The zero-order valence-corrected chi connectivity index (χ0v) is 26.2. The molecule has 9 rings (SSSR count). The van der Waals surface area contributed by atoms with E-state index in [4.69, 9.17) is 0 Å². The average Bonchev–Trinajstić information content (AvgIpc) is 3.67. The van der Waals surface area contributed by atoms with Crippen LogP contribution in [-0.2, 0) is 0 Å². The van der Waals surface area contributed by atoms with Crippen LogP contribution in [0.25, 0.3) is 49.7 Å². The first kappa shape index (κ1) is 27.9. The van der Waals surface area contributed by atoms with Crippen molar-refractivity contribution in [2.45, 2.75) is 18.9 Å². The summed E-state index contributed by atoms with van der Waals surface area (Å²) in [6.07, 6.45) is 15.8. The fourth-order valence-corrected chi connectivity index (χ4v) is 8.05. The Hall–Kier alpha value is -6.36. The summed E-state index contributed by atoms with van der Waals surface area (Å²) in [7, 11) is 0. The molecular weight excluding hydrogens is 585 g/mol. The van der Waals surface area contributed by atoms with Crippen LogP contribution in [0.3, 0.4) is 0 Å². The summed E-state index contributed by atoms with van der Waals surface area (Å²) in [6, 6.07) is 42.7. The SMILES string of the molecule is N#Cc1ccc(-c2ccccc2-c2ccc(N3C4=C(C=CCC4)C4C=CC=CC43)cc2)c(-n2c3ccccc3c3ccccc32)c1C#N. The van der Waals surface area contributed by atoms with Gasteiger partial charge in [-0.05, 0) is 65.4 Å². The van der Waals surface area contributed by atoms with Crippen LogP contribution in [0.5, 0.6) is 0 Å². The lowest BCUT2D eigenvalue weighted by molar-refractivity contribution is 0.681. The zero-order chi connectivity index (χ0) is 32.2. The number of hydrogen-bond acceptors (Lipinski definition) is 3. The summed E-state index contributed by atoms with van der Waals surface area (Å²) < 4.78 is 2.17. The molecule has 0 fully saturated rings. The number of allylic oxidation sites excluding steroid dienone is 5. The van der Waals surface area contributed by atoms with Gasteiger partial charge in [0.05, 0.1) is 33.9 Å². The smallest absolute Gasteiger partial charge is 0.103 e. The molecule has 3 aliphatic rings. The van der Waals surface area contributed by atoms with E-state index in [1.54, 1.807) is 6.07 Å². The van der Waals surface area contributed by atoms with Gasteiger partial charge in [-0.15, -0.1) is 0 Å². The highest BCUT2D eigenvalue weighted by atomic mass is 15.2. The summed E-state index contributed by atoms with van der Waals surface area (Å²) in [4.78, 5) is 2.53. The number of rotatable bonds is 4. The minimum atomic E-state index is 0.290. The maximum absolute atomic E-state index is 10.6. The predicted molar refractivity (Wildman–Crippen MR) is 195 cm³/mol. The molecule has 0 radical (unpaired) electrons. The third-order valence-electron chi connectivity index (χ3n) is 10.1. The van der Waals surface area contributed by atoms with E-state index in [2.05, 4.69) is 125 Å². The summed E-state index contributed by atoms with van der Waals surface area (Å²) in [6.45, 7) is 0. The van der Waals surface area contributed by atoms with Crippen LogP contribution < -0.4 is 4.90 Å². The third-order valence-corrected chi connectivity index (χ3v) is 10.1. The summed E-state index contributed by atoms with van der Waals surface area (Å²) in [5.74, 6) is 0.381. The molecule has 4 heteroatoms. The molecule has 6 aromatic rings. The quantitative estimate of drug-likeness (QED) is 0.199. The molecule has 1 aliphatic heterocycles. The lowest BCUT2D eigenvalue weighted by Gasteiger charge is -2.31. The molecule has 0 bridgehead atoms. The Morgan fingerprint density at radius 3 is 2.06 bits per heavy atom. The summed E-state index contributed by atoms with van der Waals surface area (Å²) >= 11 is 0. The van der Waals surface area contributed by atoms with E-state index in [9.17, 15) is 10.5 Å². The van der Waals surface area contributed by atoms with Gasteiger partial charge in [0, 0.05) is 33.6 Å². The molecule has 48 heavy (non-hydrogen) atoms. The number of benzene rings is 5. The second-order valence-electron chi connectivity index (χ2n) is 12.6. The average molecular weight is 615 g/mol. The first-order chi connectivity index (χ1) is 23.8. The number of aromatic nitrogens is 1. The van der Waals surface area contributed by atoms with Crippen molar-refractivity contribution in [1.82, 2.24) is 4.57 Å². The van der Waals surface area contributed by atoms with Gasteiger partial charge in [0.15, 0.2) is 0 Å². The molecule has 2 unspecified atom stereocenters. The van der Waals surface area contributed by atoms with Gasteiger partial charge in [0.25, 0.3) is 0 Å². The van der Waals surface area contributed by atoms with Crippen LogP contribution in [-0.4, -0.2) is 10.6 Å². The Labute approximate surface area is 279 Å². The fourth-order valence-electron chi connectivity index (χ4n) is 8.05. The van der Waals surface area contributed by atoms with Gasteiger partial charge in [-0.3, -0.25) is 0 Å². The zero-order valence-electron chi connectivity index (χ0n) is 26.2. The van der Waals surface area contributed by atoms with E-state index < -0.39 is 0 Å². The fraction of sp³-hybridized carbons (Fsp3) is 0.0909. The minimum Gasteiger partial charge on any atom is -0.337 e. The van der Waals surface area contributed by atoms with Crippen molar-refractivity contribution in [3.05, 3.63) is 168 Å².